The van der Waals surface area contributed by atoms with Crippen LogP contribution < -0.4 is 10.6 Å². The van der Waals surface area contributed by atoms with E-state index in [-0.39, 0.29) is 11.9 Å². The minimum atomic E-state index is -0.110. The number of halogens is 2. The summed E-state index contributed by atoms with van der Waals surface area (Å²) in [7, 11) is 0. The molecule has 2 N–H and O–H groups in total. The number of carbonyl (C=O) groups excluding carboxylic acids is 1. The van der Waals surface area contributed by atoms with Crippen molar-refractivity contribution in [1.29, 1.82) is 0 Å². The van der Waals surface area contributed by atoms with Gasteiger partial charge in [0.25, 0.3) is 0 Å². The van der Waals surface area contributed by atoms with Crippen LogP contribution in [0.25, 0.3) is 0 Å². The Morgan fingerprint density at radius 3 is 2.93 bits per heavy atom. The van der Waals surface area contributed by atoms with Crippen molar-refractivity contribution in [2.75, 3.05) is 11.4 Å². The van der Waals surface area contributed by atoms with Gasteiger partial charge in [0.2, 0.25) is 5.91 Å². The molecule has 0 saturated carbocycles. The van der Waals surface area contributed by atoms with E-state index in [9.17, 15) is 4.79 Å². The lowest BCUT2D eigenvalue weighted by Crippen LogP contribution is -2.28. The summed E-state index contributed by atoms with van der Waals surface area (Å²) in [5.41, 5.74) is 5.69. The highest BCUT2D eigenvalue weighted by molar-refractivity contribution is 9.10. The Labute approximate surface area is 101 Å². The zero-order valence-electron chi connectivity index (χ0n) is 7.78. The fourth-order valence-electron chi connectivity index (χ4n) is 1.51. The van der Waals surface area contributed by atoms with Crippen LogP contribution >= 0.6 is 27.5 Å². The first-order chi connectivity index (χ1) is 7.08. The van der Waals surface area contributed by atoms with Crippen LogP contribution in [0.5, 0.6) is 0 Å². The summed E-state index contributed by atoms with van der Waals surface area (Å²) in [6.45, 7) is 0.504. The molecule has 80 valence electrons. The molecule has 1 atom stereocenters. The van der Waals surface area contributed by atoms with E-state index < -0.39 is 0 Å². The Morgan fingerprint density at radius 1 is 1.67 bits per heavy atom. The molecule has 2 heterocycles. The molecule has 1 amide bonds. The average molecular weight is 291 g/mol. The Balaban J connectivity index is 2.30. The van der Waals surface area contributed by atoms with Gasteiger partial charge < -0.3 is 5.73 Å². The van der Waals surface area contributed by atoms with Gasteiger partial charge in [0.1, 0.15) is 5.82 Å². The second kappa shape index (κ2) is 4.08. The van der Waals surface area contributed by atoms with Gasteiger partial charge in [0, 0.05) is 31.3 Å². The SMILES string of the molecule is NC1CC(=O)N(c2cc(Cl)c(Br)cn2)C1. The van der Waals surface area contributed by atoms with Crippen LogP contribution in [0.2, 0.25) is 5.02 Å². The molecule has 0 aromatic carbocycles. The van der Waals surface area contributed by atoms with E-state index in [2.05, 4.69) is 20.9 Å². The number of aromatic nitrogens is 1. The van der Waals surface area contributed by atoms with Crippen molar-refractivity contribution in [1.82, 2.24) is 4.98 Å². The Hall–Kier alpha value is -0.650. The predicted octanol–water partition coefficient (Wildman–Crippen LogP) is 1.56. The third-order valence-electron chi connectivity index (χ3n) is 2.23. The highest BCUT2D eigenvalue weighted by Gasteiger charge is 2.29. The summed E-state index contributed by atoms with van der Waals surface area (Å²) in [4.78, 5) is 17.2. The van der Waals surface area contributed by atoms with E-state index in [1.54, 1.807) is 17.2 Å². The molecule has 0 spiro atoms. The summed E-state index contributed by atoms with van der Waals surface area (Å²) in [5, 5.41) is 0.535. The predicted molar refractivity (Wildman–Crippen MR) is 61.9 cm³/mol. The first-order valence-electron chi connectivity index (χ1n) is 4.45. The molecule has 15 heavy (non-hydrogen) atoms. The monoisotopic (exact) mass is 289 g/mol. The van der Waals surface area contributed by atoms with Crippen LogP contribution in [0, 0.1) is 0 Å². The van der Waals surface area contributed by atoms with Crippen molar-refractivity contribution in [3.05, 3.63) is 21.8 Å². The van der Waals surface area contributed by atoms with E-state index >= 15 is 0 Å². The summed E-state index contributed by atoms with van der Waals surface area (Å²) in [5.74, 6) is 0.550. The number of pyridine rings is 1. The second-order valence-electron chi connectivity index (χ2n) is 3.43. The third-order valence-corrected chi connectivity index (χ3v) is 3.40. The molecule has 0 aliphatic carbocycles. The first-order valence-corrected chi connectivity index (χ1v) is 5.62. The summed E-state index contributed by atoms with van der Waals surface area (Å²) < 4.78 is 0.712. The lowest BCUT2D eigenvalue weighted by atomic mass is 10.3. The van der Waals surface area contributed by atoms with Crippen molar-refractivity contribution >= 4 is 39.3 Å². The second-order valence-corrected chi connectivity index (χ2v) is 4.69. The maximum atomic E-state index is 11.5. The number of nitrogens with two attached hydrogens (primary N) is 1. The quantitative estimate of drug-likeness (QED) is 0.854. The number of anilines is 1. The highest BCUT2D eigenvalue weighted by Crippen LogP contribution is 2.27. The molecule has 4 nitrogen and oxygen atoms in total. The van der Waals surface area contributed by atoms with Gasteiger partial charge in [0.15, 0.2) is 0 Å². The van der Waals surface area contributed by atoms with Crippen molar-refractivity contribution in [2.45, 2.75) is 12.5 Å². The zero-order chi connectivity index (χ0) is 11.0. The van der Waals surface area contributed by atoms with Gasteiger partial charge in [-0.15, -0.1) is 0 Å². The summed E-state index contributed by atoms with van der Waals surface area (Å²) in [6.07, 6.45) is 1.95. The molecule has 6 heteroatoms. The minimum absolute atomic E-state index is 0.00612. The van der Waals surface area contributed by atoms with Crippen LogP contribution in [-0.2, 0) is 4.79 Å². The Kier molecular flexibility index (Phi) is 2.95. The van der Waals surface area contributed by atoms with Crippen LogP contribution in [0.1, 0.15) is 6.42 Å². The highest BCUT2D eigenvalue weighted by atomic mass is 79.9. The Bertz CT molecular complexity index is 412. The van der Waals surface area contributed by atoms with Crippen molar-refractivity contribution < 1.29 is 4.79 Å². The molecule has 2 rings (SSSR count). The largest absolute Gasteiger partial charge is 0.326 e. The molecular weight excluding hydrogens is 281 g/mol. The maximum absolute atomic E-state index is 11.5. The van der Waals surface area contributed by atoms with E-state index in [0.29, 0.717) is 28.3 Å². The maximum Gasteiger partial charge on any atom is 0.229 e. The van der Waals surface area contributed by atoms with E-state index in [1.165, 1.54) is 0 Å². The third kappa shape index (κ3) is 2.14. The lowest BCUT2D eigenvalue weighted by Gasteiger charge is -2.15. The van der Waals surface area contributed by atoms with Gasteiger partial charge in [-0.2, -0.15) is 0 Å². The van der Waals surface area contributed by atoms with Gasteiger partial charge in [0.05, 0.1) is 9.50 Å². The van der Waals surface area contributed by atoms with Gasteiger partial charge in [-0.3, -0.25) is 9.69 Å². The molecule has 1 aromatic rings. The van der Waals surface area contributed by atoms with Crippen LogP contribution in [0.3, 0.4) is 0 Å². The molecule has 1 unspecified atom stereocenters. The minimum Gasteiger partial charge on any atom is -0.326 e. The normalized spacial score (nSPS) is 21.1. The van der Waals surface area contributed by atoms with Crippen LogP contribution in [0.4, 0.5) is 5.82 Å². The number of hydrogen-bond donors (Lipinski definition) is 1. The van der Waals surface area contributed by atoms with E-state index in [1.807, 2.05) is 0 Å². The number of carbonyl (C=O) groups is 1. The van der Waals surface area contributed by atoms with Gasteiger partial charge in [-0.1, -0.05) is 11.6 Å². The van der Waals surface area contributed by atoms with Gasteiger partial charge in [-0.25, -0.2) is 4.98 Å². The summed E-state index contributed by atoms with van der Waals surface area (Å²) in [6, 6.07) is 1.54. The lowest BCUT2D eigenvalue weighted by molar-refractivity contribution is -0.117. The number of rotatable bonds is 1. The van der Waals surface area contributed by atoms with E-state index in [0.717, 1.165) is 0 Å². The van der Waals surface area contributed by atoms with Crippen LogP contribution in [0.15, 0.2) is 16.7 Å². The zero-order valence-corrected chi connectivity index (χ0v) is 10.1. The molecule has 1 fully saturated rings. The molecular formula is C9H9BrClN3O. The Morgan fingerprint density at radius 2 is 2.40 bits per heavy atom. The molecule has 1 aliphatic heterocycles. The molecule has 0 bridgehead atoms. The molecule has 0 radical (unpaired) electrons. The molecule has 1 aromatic heterocycles. The average Bonchev–Trinajstić information content (AvgIpc) is 2.50. The standard InChI is InChI=1S/C9H9BrClN3O/c10-6-3-13-8(2-7(6)11)14-4-5(12)1-9(14)15/h2-3,5H,1,4,12H2. The number of amides is 1. The number of hydrogen-bond acceptors (Lipinski definition) is 3. The first kappa shape index (κ1) is 10.9. The van der Waals surface area contributed by atoms with E-state index in [4.69, 9.17) is 17.3 Å². The van der Waals surface area contributed by atoms with Gasteiger partial charge >= 0.3 is 0 Å². The fourth-order valence-corrected chi connectivity index (χ4v) is 1.87. The molecule has 1 saturated heterocycles. The summed E-state index contributed by atoms with van der Waals surface area (Å²) >= 11 is 9.16. The topological polar surface area (TPSA) is 59.2 Å². The van der Waals surface area contributed by atoms with Gasteiger partial charge in [-0.05, 0) is 15.9 Å². The fraction of sp³-hybridized carbons (Fsp3) is 0.333. The van der Waals surface area contributed by atoms with Crippen molar-refractivity contribution in [2.24, 2.45) is 5.73 Å². The van der Waals surface area contributed by atoms with Crippen molar-refractivity contribution in [3.8, 4) is 0 Å². The number of nitrogens with zero attached hydrogens (tertiary/aromatic N) is 2. The van der Waals surface area contributed by atoms with Crippen molar-refractivity contribution in [3.63, 3.8) is 0 Å². The van der Waals surface area contributed by atoms with Crippen LogP contribution in [-0.4, -0.2) is 23.5 Å². The smallest absolute Gasteiger partial charge is 0.229 e. The molecule has 1 aliphatic rings.